The van der Waals surface area contributed by atoms with Crippen molar-refractivity contribution in [1.29, 1.82) is 0 Å². The number of para-hydroxylation sites is 6. The van der Waals surface area contributed by atoms with Crippen LogP contribution in [0.4, 0.5) is 0 Å². The number of hydrogen-bond acceptors (Lipinski definition) is 18. The smallest absolute Gasteiger partial charge is 0.350 e. The van der Waals surface area contributed by atoms with Crippen LogP contribution in [-0.2, 0) is 28.9 Å². The van der Waals surface area contributed by atoms with Crippen LogP contribution in [-0.4, -0.2) is 167 Å². The number of fused-ring (bicyclic) bond motifs is 13. The minimum atomic E-state index is -1.50. The van der Waals surface area contributed by atoms with E-state index >= 15 is 0 Å². The number of carboxylic acid groups (broad SMARTS) is 3. The Balaban J connectivity index is 0.000000135. The van der Waals surface area contributed by atoms with Crippen molar-refractivity contribution in [2.75, 3.05) is 13.2 Å². The Morgan fingerprint density at radius 1 is 0.360 bits per heavy atom. The maximum atomic E-state index is 14.0. The predicted molar refractivity (Wildman–Crippen MR) is 442 cm³/mol. The molecule has 6 aromatic rings. The van der Waals surface area contributed by atoms with E-state index in [0.29, 0.717) is 71.5 Å². The lowest BCUT2D eigenvalue weighted by molar-refractivity contribution is -0.161. The number of aliphatic carboxylic acids is 3. The van der Waals surface area contributed by atoms with E-state index in [-0.39, 0.29) is 51.9 Å². The molecule has 0 spiro atoms. The van der Waals surface area contributed by atoms with Gasteiger partial charge in [0.05, 0.1) is 33.1 Å². The summed E-state index contributed by atoms with van der Waals surface area (Å²) < 4.78 is 5.88. The molecule has 10 atom stereocenters. The van der Waals surface area contributed by atoms with Crippen molar-refractivity contribution >= 4 is 68.1 Å². The molecule has 3 aromatic heterocycles. The number of aromatic nitrogens is 6. The number of oxime groups is 3. The second kappa shape index (κ2) is 36.1. The second-order valence-corrected chi connectivity index (χ2v) is 36.3. The van der Waals surface area contributed by atoms with E-state index in [4.69, 9.17) is 24.7 Å². The van der Waals surface area contributed by atoms with Crippen LogP contribution >= 0.6 is 0 Å². The number of carboxylic acids is 3. The lowest BCUT2D eigenvalue weighted by atomic mass is 9.76. The molecule has 114 heavy (non-hydrogen) atoms. The molecule has 0 amide bonds. The third kappa shape index (κ3) is 18.0. The Morgan fingerprint density at radius 3 is 0.982 bits per heavy atom. The van der Waals surface area contributed by atoms with Crippen LogP contribution in [0, 0.1) is 23.7 Å². The van der Waals surface area contributed by atoms with Gasteiger partial charge in [-0.1, -0.05) is 155 Å². The van der Waals surface area contributed by atoms with Gasteiger partial charge >= 0.3 is 17.9 Å². The first kappa shape index (κ1) is 80.9. The fourth-order valence-corrected chi connectivity index (χ4v) is 23.5. The molecule has 3 aromatic carbocycles. The fourth-order valence-electron chi connectivity index (χ4n) is 23.5. The topological polar surface area (TPSA) is 291 Å². The Hall–Kier alpha value is -8.22. The van der Waals surface area contributed by atoms with Gasteiger partial charge in [-0.05, 0) is 223 Å². The van der Waals surface area contributed by atoms with Crippen molar-refractivity contribution < 1.29 is 44.2 Å². The van der Waals surface area contributed by atoms with Gasteiger partial charge < -0.3 is 43.5 Å². The van der Waals surface area contributed by atoms with Crippen LogP contribution in [0.15, 0.2) is 103 Å². The Bertz CT molecular complexity index is 4640. The first-order chi connectivity index (χ1) is 55.2. The zero-order valence-electron chi connectivity index (χ0n) is 67.9. The predicted octanol–water partition coefficient (Wildman–Crippen LogP) is 15.9. The van der Waals surface area contributed by atoms with E-state index in [2.05, 4.69) is 45.1 Å². The fraction of sp³-hybridized carbons (Fsp3) is 0.667. The zero-order valence-corrected chi connectivity index (χ0v) is 67.9. The molecular weight excluding hydrogens is 1440 g/mol. The largest absolute Gasteiger partial charge is 0.479 e. The first-order valence-corrected chi connectivity index (χ1v) is 43.8. The highest BCUT2D eigenvalue weighted by Crippen LogP contribution is 2.51. The second-order valence-electron chi connectivity index (χ2n) is 36.3. The van der Waals surface area contributed by atoms with Gasteiger partial charge in [-0.25, -0.2) is 29.3 Å². The highest BCUT2D eigenvalue weighted by molar-refractivity contribution is 5.99. The summed E-state index contributed by atoms with van der Waals surface area (Å²) in [4.78, 5) is 113. The van der Waals surface area contributed by atoms with E-state index in [1.54, 1.807) is 20.8 Å². The summed E-state index contributed by atoms with van der Waals surface area (Å²) in [6.45, 7) is 6.73. The Labute approximate surface area is 669 Å². The molecule has 5 aliphatic carbocycles. The third-order valence-corrected chi connectivity index (χ3v) is 28.3. The average Bonchev–Trinajstić information content (AvgIpc) is 1.49. The van der Waals surface area contributed by atoms with Gasteiger partial charge in [0.15, 0.2) is 17.1 Å². The van der Waals surface area contributed by atoms with Crippen LogP contribution in [0.3, 0.4) is 0 Å². The maximum Gasteiger partial charge on any atom is 0.350 e. The molecule has 24 nitrogen and oxygen atoms in total. The average molecular weight is 1560 g/mol. The first-order valence-electron chi connectivity index (χ1n) is 43.8. The van der Waals surface area contributed by atoms with Crippen LogP contribution in [0.2, 0.25) is 0 Å². The van der Waals surface area contributed by atoms with Gasteiger partial charge in [-0.3, -0.25) is 29.1 Å². The molecule has 5 saturated carbocycles. The van der Waals surface area contributed by atoms with E-state index in [9.17, 15) is 33.9 Å². The van der Waals surface area contributed by atoms with E-state index in [1.807, 2.05) is 86.5 Å². The molecule has 614 valence electrons. The van der Waals surface area contributed by atoms with Crippen LogP contribution < -0.4 is 16.7 Å². The van der Waals surface area contributed by atoms with Gasteiger partial charge in [0.1, 0.15) is 17.1 Å². The van der Waals surface area contributed by atoms with Crippen molar-refractivity contribution in [2.24, 2.45) is 39.1 Å². The van der Waals surface area contributed by atoms with Gasteiger partial charge in [0.2, 0.25) is 18.8 Å². The summed E-state index contributed by atoms with van der Waals surface area (Å²) in [5, 5.41) is 39.0. The number of piperidine rings is 4. The number of benzene rings is 3. The molecule has 10 unspecified atom stereocenters. The summed E-state index contributed by atoms with van der Waals surface area (Å²) in [6.07, 6.45) is 46.3. The minimum Gasteiger partial charge on any atom is -0.479 e. The Kier molecular flexibility index (Phi) is 25.6. The Morgan fingerprint density at radius 2 is 0.649 bits per heavy atom. The zero-order chi connectivity index (χ0) is 79.3. The summed E-state index contributed by atoms with van der Waals surface area (Å²) in [6, 6.07) is 29.0. The molecule has 11 aliphatic rings. The molecule has 10 bridgehead atoms. The third-order valence-electron chi connectivity index (χ3n) is 28.3. The summed E-state index contributed by atoms with van der Waals surface area (Å²) in [5.41, 5.74) is 4.37. The molecule has 11 fully saturated rings. The van der Waals surface area contributed by atoms with Crippen molar-refractivity contribution in [2.45, 2.75) is 344 Å². The molecule has 6 aliphatic heterocycles. The molecule has 6 saturated heterocycles. The monoisotopic (exact) mass is 1560 g/mol. The lowest BCUT2D eigenvalue weighted by Crippen LogP contribution is -2.57. The highest BCUT2D eigenvalue weighted by Gasteiger charge is 2.50. The van der Waals surface area contributed by atoms with Gasteiger partial charge in [0.25, 0.3) is 16.7 Å². The van der Waals surface area contributed by atoms with E-state index in [1.165, 1.54) is 206 Å². The van der Waals surface area contributed by atoms with E-state index in [0.717, 1.165) is 95.3 Å². The molecule has 0 radical (unpaired) electrons. The SMILES string of the molecule is C/C(=N\OC(C)(C)C(=O)O)c1nc2ccccc2n(C2CC3CCC(C2)N3C2CC3CCCCC(C3)C2)c1=O.C/C(=N\OCC(=O)O)c1nc2ccccc2n(C2CC3CCC(C2)N3C2CC3CCCCC(C3)C2)c1=O.C/C(=N\OCC(=O)O)c1nc2ccccc2n(C2CC3CCCC(C2)N3C2CCCCCCCCC2)c1=O. The van der Waals surface area contributed by atoms with Gasteiger partial charge in [-0.2, -0.15) is 0 Å². The summed E-state index contributed by atoms with van der Waals surface area (Å²) in [7, 11) is 0. The summed E-state index contributed by atoms with van der Waals surface area (Å²) in [5.74, 6) is 0.268. The van der Waals surface area contributed by atoms with Crippen LogP contribution in [0.5, 0.6) is 0 Å². The van der Waals surface area contributed by atoms with Gasteiger partial charge in [0, 0.05) is 72.5 Å². The van der Waals surface area contributed by atoms with Crippen molar-refractivity contribution in [3.05, 3.63) is 121 Å². The molecule has 9 heterocycles. The molecule has 24 heteroatoms. The van der Waals surface area contributed by atoms with E-state index < -0.39 is 36.7 Å². The minimum absolute atomic E-state index is 0.105. The molecular formula is C90H122N12O12. The lowest BCUT2D eigenvalue weighted by Gasteiger charge is -2.53. The van der Waals surface area contributed by atoms with Crippen LogP contribution in [0.1, 0.15) is 301 Å². The van der Waals surface area contributed by atoms with Crippen molar-refractivity contribution in [3.63, 3.8) is 0 Å². The number of hydrogen-bond donors (Lipinski definition) is 3. The molecule has 17 rings (SSSR count). The van der Waals surface area contributed by atoms with Crippen molar-refractivity contribution in [3.8, 4) is 0 Å². The number of rotatable bonds is 18. The van der Waals surface area contributed by atoms with Gasteiger partial charge in [-0.15, -0.1) is 0 Å². The van der Waals surface area contributed by atoms with Crippen LogP contribution in [0.25, 0.3) is 33.1 Å². The molecule has 3 N–H and O–H groups in total. The number of nitrogens with zero attached hydrogens (tertiary/aromatic N) is 12. The van der Waals surface area contributed by atoms with Crippen molar-refractivity contribution in [1.82, 2.24) is 43.4 Å². The maximum absolute atomic E-state index is 14.0. The highest BCUT2D eigenvalue weighted by atomic mass is 16.7. The summed E-state index contributed by atoms with van der Waals surface area (Å²) >= 11 is 0. The normalized spacial score (nSPS) is 30.1. The quantitative estimate of drug-likeness (QED) is 0.0532. The standard InChI is InChI=1S/C31H42N4O4.C30H42N4O4.C29H38N4O4/c1-19(33-39-31(2,3)30(37)38)28-29(36)35(27-11-7-6-10-26(27)32-28)25-17-22-12-13-23(18-25)34(22)24-15-20-8-4-5-9-21(14-20)16-24;1-21(32-38-20-28(35)36)29-30(37)34(27-17-10-9-16-26(27)31-29)25-18-23-14-11-15-24(19-25)33(23)22-12-7-5-3-2-4-6-8-13-22;1-18(31-37-17-27(34)35)28-29(36)33(26-9-5-4-8-25(26)30-28)24-15-21-10-11-22(16-24)32(21)23-13-19-6-2-3-7-20(12-19)14-23/h6-7,10-11,20-25H,4-5,8-9,12-18H2,1-3H3,(H,37,38);9-10,16-17,22-25H,2-8,11-15,18-20H2,1H3,(H,35,36);4-5,8-9,19-24H,2-3,6-7,10-17H2,1H3,(H,34,35)/b33-19+;32-21+;31-18+. The number of carbonyl (C=O) groups is 3.